The van der Waals surface area contributed by atoms with Crippen LogP contribution in [0, 0.1) is 0 Å². The molecule has 2 rings (SSSR count). The van der Waals surface area contributed by atoms with Gasteiger partial charge in [0.05, 0.1) is 12.2 Å². The van der Waals surface area contributed by atoms with Crippen molar-refractivity contribution in [3.8, 4) is 0 Å². The first-order valence-corrected chi connectivity index (χ1v) is 6.71. The molecule has 0 spiro atoms. The molecular formula is C14H22N2O2. The van der Waals surface area contributed by atoms with Gasteiger partial charge in [-0.05, 0) is 38.3 Å². The van der Waals surface area contributed by atoms with Crippen LogP contribution in [-0.2, 0) is 4.74 Å². The van der Waals surface area contributed by atoms with Crippen molar-refractivity contribution in [3.63, 3.8) is 0 Å². The van der Waals surface area contributed by atoms with Gasteiger partial charge in [0.15, 0.2) is 0 Å². The summed E-state index contributed by atoms with van der Waals surface area (Å²) in [5.41, 5.74) is 0.858. The van der Waals surface area contributed by atoms with Gasteiger partial charge in [0.1, 0.15) is 5.82 Å². The summed E-state index contributed by atoms with van der Waals surface area (Å²) in [5.74, 6) is 0.976. The number of piperidine rings is 1. The maximum atomic E-state index is 9.46. The minimum absolute atomic E-state index is 0.321. The van der Waals surface area contributed by atoms with Gasteiger partial charge in [0, 0.05) is 25.9 Å². The lowest BCUT2D eigenvalue weighted by Gasteiger charge is -2.33. The first kappa shape index (κ1) is 13.3. The van der Waals surface area contributed by atoms with Crippen LogP contribution < -0.4 is 4.90 Å². The predicted octanol–water partition coefficient (Wildman–Crippen LogP) is 2.14. The number of aliphatic hydroxyl groups is 1. The summed E-state index contributed by atoms with van der Waals surface area (Å²) in [5, 5.41) is 9.46. The Bertz CT molecular complexity index is 363. The Labute approximate surface area is 109 Å². The molecule has 0 radical (unpaired) electrons. The van der Waals surface area contributed by atoms with Crippen LogP contribution in [0.15, 0.2) is 18.3 Å². The molecule has 2 heterocycles. The molecule has 4 heteroatoms. The minimum atomic E-state index is -0.455. The molecule has 1 aromatic heterocycles. The molecule has 1 aliphatic rings. The lowest BCUT2D eigenvalue weighted by atomic mass is 10.1. The second kappa shape index (κ2) is 6.16. The Morgan fingerprint density at radius 3 is 3.00 bits per heavy atom. The highest BCUT2D eigenvalue weighted by Gasteiger charge is 2.20. The molecule has 1 saturated heterocycles. The van der Waals surface area contributed by atoms with Crippen LogP contribution in [-0.4, -0.2) is 35.9 Å². The SMILES string of the molecule is CCOC1CCCN(c2ccc(C(C)O)cn2)C1. The standard InChI is InChI=1S/C14H22N2O2/c1-3-18-13-5-4-8-16(10-13)14-7-6-12(9-15-14)11(2)17/h6-7,9,11,13,17H,3-5,8,10H2,1-2H3. The highest BCUT2D eigenvalue weighted by atomic mass is 16.5. The minimum Gasteiger partial charge on any atom is -0.389 e. The molecular weight excluding hydrogens is 228 g/mol. The summed E-state index contributed by atoms with van der Waals surface area (Å²) in [6, 6.07) is 3.92. The zero-order valence-corrected chi connectivity index (χ0v) is 11.2. The van der Waals surface area contributed by atoms with E-state index in [-0.39, 0.29) is 0 Å². The largest absolute Gasteiger partial charge is 0.389 e. The summed E-state index contributed by atoms with van der Waals surface area (Å²) in [4.78, 5) is 6.69. The number of aromatic nitrogens is 1. The van der Waals surface area contributed by atoms with E-state index in [0.29, 0.717) is 6.10 Å². The van der Waals surface area contributed by atoms with E-state index in [2.05, 4.69) is 9.88 Å². The van der Waals surface area contributed by atoms with Gasteiger partial charge in [0.25, 0.3) is 0 Å². The summed E-state index contributed by atoms with van der Waals surface area (Å²) in [6.45, 7) is 6.50. The van der Waals surface area contributed by atoms with Gasteiger partial charge in [-0.15, -0.1) is 0 Å². The van der Waals surface area contributed by atoms with Crippen LogP contribution >= 0.6 is 0 Å². The number of anilines is 1. The van der Waals surface area contributed by atoms with Crippen LogP contribution in [0.25, 0.3) is 0 Å². The van der Waals surface area contributed by atoms with E-state index >= 15 is 0 Å². The number of aliphatic hydroxyl groups excluding tert-OH is 1. The molecule has 1 fully saturated rings. The molecule has 0 aromatic carbocycles. The van der Waals surface area contributed by atoms with Gasteiger partial charge in [-0.2, -0.15) is 0 Å². The maximum Gasteiger partial charge on any atom is 0.128 e. The van der Waals surface area contributed by atoms with E-state index in [9.17, 15) is 5.11 Å². The maximum absolute atomic E-state index is 9.46. The lowest BCUT2D eigenvalue weighted by Crippen LogP contribution is -2.40. The van der Waals surface area contributed by atoms with E-state index in [4.69, 9.17) is 4.74 Å². The van der Waals surface area contributed by atoms with Crippen LogP contribution in [0.2, 0.25) is 0 Å². The predicted molar refractivity (Wildman–Crippen MR) is 71.7 cm³/mol. The van der Waals surface area contributed by atoms with Crippen molar-refractivity contribution in [2.24, 2.45) is 0 Å². The summed E-state index contributed by atoms with van der Waals surface area (Å²) in [6.07, 6.45) is 3.90. The quantitative estimate of drug-likeness (QED) is 0.889. The van der Waals surface area contributed by atoms with Gasteiger partial charge in [0.2, 0.25) is 0 Å². The number of hydrogen-bond donors (Lipinski definition) is 1. The monoisotopic (exact) mass is 250 g/mol. The fourth-order valence-electron chi connectivity index (χ4n) is 2.35. The Balaban J connectivity index is 2.02. The number of pyridine rings is 1. The topological polar surface area (TPSA) is 45.6 Å². The number of hydrogen-bond acceptors (Lipinski definition) is 4. The normalized spacial score (nSPS) is 21.9. The van der Waals surface area contributed by atoms with E-state index in [1.165, 1.54) is 0 Å². The molecule has 0 bridgehead atoms. The highest BCUT2D eigenvalue weighted by Crippen LogP contribution is 2.21. The van der Waals surface area contributed by atoms with E-state index < -0.39 is 6.10 Å². The molecule has 0 amide bonds. The third-order valence-corrected chi connectivity index (χ3v) is 3.36. The van der Waals surface area contributed by atoms with Gasteiger partial charge >= 0.3 is 0 Å². The van der Waals surface area contributed by atoms with E-state index in [1.54, 1.807) is 13.1 Å². The number of ether oxygens (including phenoxy) is 1. The summed E-state index contributed by atoms with van der Waals surface area (Å²) in [7, 11) is 0. The Kier molecular flexibility index (Phi) is 4.55. The van der Waals surface area contributed by atoms with Gasteiger partial charge in [-0.3, -0.25) is 0 Å². The number of rotatable bonds is 4. The molecule has 0 aliphatic carbocycles. The summed E-state index contributed by atoms with van der Waals surface area (Å²) < 4.78 is 5.69. The van der Waals surface area contributed by atoms with Gasteiger partial charge in [-0.25, -0.2) is 4.98 Å². The van der Waals surface area contributed by atoms with Crippen LogP contribution in [0.3, 0.4) is 0 Å². The van der Waals surface area contributed by atoms with Crippen molar-refractivity contribution in [1.29, 1.82) is 0 Å². The highest BCUT2D eigenvalue weighted by molar-refractivity contribution is 5.40. The Morgan fingerprint density at radius 2 is 2.39 bits per heavy atom. The number of nitrogens with zero attached hydrogens (tertiary/aromatic N) is 2. The van der Waals surface area contributed by atoms with Crippen LogP contribution in [0.1, 0.15) is 38.4 Å². The van der Waals surface area contributed by atoms with E-state index in [1.807, 2.05) is 19.1 Å². The zero-order chi connectivity index (χ0) is 13.0. The first-order chi connectivity index (χ1) is 8.70. The molecule has 1 N–H and O–H groups in total. The second-order valence-electron chi connectivity index (χ2n) is 4.79. The van der Waals surface area contributed by atoms with Crippen LogP contribution in [0.5, 0.6) is 0 Å². The average molecular weight is 250 g/mol. The lowest BCUT2D eigenvalue weighted by molar-refractivity contribution is 0.0525. The molecule has 2 unspecified atom stereocenters. The molecule has 1 aliphatic heterocycles. The molecule has 2 atom stereocenters. The molecule has 0 saturated carbocycles. The van der Waals surface area contributed by atoms with Crippen molar-refractivity contribution < 1.29 is 9.84 Å². The molecule has 1 aromatic rings. The average Bonchev–Trinajstić information content (AvgIpc) is 2.39. The zero-order valence-electron chi connectivity index (χ0n) is 11.2. The smallest absolute Gasteiger partial charge is 0.128 e. The van der Waals surface area contributed by atoms with Gasteiger partial charge in [-0.1, -0.05) is 6.07 Å². The van der Waals surface area contributed by atoms with Crippen LogP contribution in [0.4, 0.5) is 5.82 Å². The van der Waals surface area contributed by atoms with Crippen molar-refractivity contribution in [2.75, 3.05) is 24.6 Å². The Morgan fingerprint density at radius 1 is 1.56 bits per heavy atom. The molecule has 100 valence electrons. The second-order valence-corrected chi connectivity index (χ2v) is 4.79. The third kappa shape index (κ3) is 3.21. The fourth-order valence-corrected chi connectivity index (χ4v) is 2.35. The molecule has 4 nitrogen and oxygen atoms in total. The van der Waals surface area contributed by atoms with Crippen molar-refractivity contribution >= 4 is 5.82 Å². The first-order valence-electron chi connectivity index (χ1n) is 6.71. The molecule has 18 heavy (non-hydrogen) atoms. The fraction of sp³-hybridized carbons (Fsp3) is 0.643. The summed E-state index contributed by atoms with van der Waals surface area (Å²) >= 11 is 0. The van der Waals surface area contributed by atoms with Crippen molar-refractivity contribution in [2.45, 2.75) is 38.9 Å². The van der Waals surface area contributed by atoms with Gasteiger partial charge < -0.3 is 14.7 Å². The van der Waals surface area contributed by atoms with Crippen molar-refractivity contribution in [1.82, 2.24) is 4.98 Å². The Hall–Kier alpha value is -1.13. The van der Waals surface area contributed by atoms with E-state index in [0.717, 1.165) is 43.9 Å². The third-order valence-electron chi connectivity index (χ3n) is 3.36. The van der Waals surface area contributed by atoms with Crippen molar-refractivity contribution in [3.05, 3.63) is 23.9 Å².